The normalized spacial score (nSPS) is 12.7. The second kappa shape index (κ2) is 9.10. The highest BCUT2D eigenvalue weighted by atomic mass is 35.5. The van der Waals surface area contributed by atoms with E-state index in [0.29, 0.717) is 12.8 Å². The first-order valence-corrected chi connectivity index (χ1v) is 9.24. The van der Waals surface area contributed by atoms with Crippen LogP contribution in [0.15, 0.2) is 23.1 Å². The number of nitrogens with one attached hydrogen (secondary N) is 1. The highest BCUT2D eigenvalue weighted by molar-refractivity contribution is 7.89. The van der Waals surface area contributed by atoms with Gasteiger partial charge in [0.1, 0.15) is 16.7 Å². The molecule has 0 aliphatic heterocycles. The Morgan fingerprint density at radius 3 is 2.61 bits per heavy atom. The predicted molar refractivity (Wildman–Crippen MR) is 88.3 cm³/mol. The van der Waals surface area contributed by atoms with Crippen LogP contribution in [0.25, 0.3) is 0 Å². The predicted octanol–water partition coefficient (Wildman–Crippen LogP) is 2.75. The molecule has 0 amide bonds. The van der Waals surface area contributed by atoms with Crippen molar-refractivity contribution in [2.24, 2.45) is 0 Å². The molecule has 6 nitrogen and oxygen atoms in total. The molecule has 1 aromatic carbocycles. The van der Waals surface area contributed by atoms with Crippen LogP contribution in [-0.4, -0.2) is 34.1 Å². The third-order valence-corrected chi connectivity index (χ3v) is 4.86. The molecule has 0 fully saturated rings. The molecule has 1 N–H and O–H groups in total. The maximum absolute atomic E-state index is 12.6. The molecule has 1 atom stereocenters. The molecule has 0 heterocycles. The average Bonchev–Trinajstić information content (AvgIpc) is 2.51. The van der Waals surface area contributed by atoms with Gasteiger partial charge < -0.3 is 9.47 Å². The van der Waals surface area contributed by atoms with Gasteiger partial charge in [-0.3, -0.25) is 4.79 Å². The molecule has 23 heavy (non-hydrogen) atoms. The Balaban J connectivity index is 3.10. The Bertz CT molecular complexity index is 633. The fourth-order valence-corrected chi connectivity index (χ4v) is 3.64. The number of carbonyl (C=O) groups excluding carboxylic acids is 1. The number of methoxy groups -OCH3 is 1. The summed E-state index contributed by atoms with van der Waals surface area (Å²) in [6, 6.07) is 3.33. The van der Waals surface area contributed by atoms with E-state index in [2.05, 4.69) is 4.72 Å². The lowest BCUT2D eigenvalue weighted by Gasteiger charge is -2.18. The number of hydrogen-bond donors (Lipinski definition) is 1. The van der Waals surface area contributed by atoms with E-state index in [1.807, 2.05) is 6.92 Å². The number of benzene rings is 1. The van der Waals surface area contributed by atoms with Crippen molar-refractivity contribution in [2.45, 2.75) is 44.0 Å². The van der Waals surface area contributed by atoms with Gasteiger partial charge >= 0.3 is 5.97 Å². The van der Waals surface area contributed by atoms with Crippen LogP contribution in [0.3, 0.4) is 0 Å². The minimum atomic E-state index is -3.98. The smallest absolute Gasteiger partial charge is 0.324 e. The molecule has 8 heteroatoms. The van der Waals surface area contributed by atoms with Gasteiger partial charge in [-0.1, -0.05) is 31.4 Å². The van der Waals surface area contributed by atoms with E-state index >= 15 is 0 Å². The van der Waals surface area contributed by atoms with Gasteiger partial charge in [0.15, 0.2) is 0 Å². The Hall–Kier alpha value is -1.31. The molecule has 0 saturated carbocycles. The Kier molecular flexibility index (Phi) is 7.81. The maximum Gasteiger partial charge on any atom is 0.324 e. The molecule has 0 spiro atoms. The Morgan fingerprint density at radius 1 is 1.35 bits per heavy atom. The lowest BCUT2D eigenvalue weighted by atomic mass is 10.1. The fourth-order valence-electron chi connectivity index (χ4n) is 1.99. The number of halogens is 1. The first kappa shape index (κ1) is 19.7. The summed E-state index contributed by atoms with van der Waals surface area (Å²) in [7, 11) is -2.62. The van der Waals surface area contributed by atoms with Gasteiger partial charge in [0, 0.05) is 5.02 Å². The van der Waals surface area contributed by atoms with Crippen molar-refractivity contribution >= 4 is 27.6 Å². The van der Waals surface area contributed by atoms with E-state index in [9.17, 15) is 13.2 Å². The summed E-state index contributed by atoms with van der Waals surface area (Å²) in [5.74, 6) is -0.439. The van der Waals surface area contributed by atoms with E-state index in [4.69, 9.17) is 21.1 Å². The van der Waals surface area contributed by atoms with Crippen LogP contribution in [0.2, 0.25) is 5.02 Å². The van der Waals surface area contributed by atoms with Crippen molar-refractivity contribution in [1.29, 1.82) is 0 Å². The van der Waals surface area contributed by atoms with E-state index < -0.39 is 22.0 Å². The third-order valence-electron chi connectivity index (χ3n) is 3.13. The van der Waals surface area contributed by atoms with E-state index in [1.54, 1.807) is 6.92 Å². The highest BCUT2D eigenvalue weighted by Crippen LogP contribution is 2.27. The van der Waals surface area contributed by atoms with E-state index in [0.717, 1.165) is 6.42 Å². The largest absolute Gasteiger partial charge is 0.495 e. The van der Waals surface area contributed by atoms with Gasteiger partial charge in [-0.25, -0.2) is 8.42 Å². The van der Waals surface area contributed by atoms with Crippen molar-refractivity contribution in [3.8, 4) is 5.75 Å². The van der Waals surface area contributed by atoms with Crippen molar-refractivity contribution in [2.75, 3.05) is 13.7 Å². The molecule has 0 radical (unpaired) electrons. The standard InChI is InChI=1S/C15H22ClNO5S/c1-4-6-7-12(15(18)22-5-2)17-23(19,20)14-10-11(16)8-9-13(14)21-3/h8-10,12,17H,4-7H2,1-3H3. The van der Waals surface area contributed by atoms with Crippen molar-refractivity contribution < 1.29 is 22.7 Å². The first-order valence-electron chi connectivity index (χ1n) is 7.38. The third kappa shape index (κ3) is 5.67. The molecule has 1 aromatic rings. The Morgan fingerprint density at radius 2 is 2.04 bits per heavy atom. The van der Waals surface area contributed by atoms with Gasteiger partial charge in [0.25, 0.3) is 0 Å². The summed E-state index contributed by atoms with van der Waals surface area (Å²) in [6.07, 6.45) is 1.88. The van der Waals surface area contributed by atoms with E-state index in [-0.39, 0.29) is 22.3 Å². The fraction of sp³-hybridized carbons (Fsp3) is 0.533. The van der Waals surface area contributed by atoms with Crippen LogP contribution in [0.4, 0.5) is 0 Å². The summed E-state index contributed by atoms with van der Waals surface area (Å²) >= 11 is 5.87. The number of hydrogen-bond acceptors (Lipinski definition) is 5. The minimum Gasteiger partial charge on any atom is -0.495 e. The molecular formula is C15H22ClNO5S. The SMILES string of the molecule is CCCCC(NS(=O)(=O)c1cc(Cl)ccc1OC)C(=O)OCC. The quantitative estimate of drug-likeness (QED) is 0.682. The number of ether oxygens (including phenoxy) is 2. The topological polar surface area (TPSA) is 81.7 Å². The highest BCUT2D eigenvalue weighted by Gasteiger charge is 2.28. The van der Waals surface area contributed by atoms with Crippen LogP contribution >= 0.6 is 11.6 Å². The van der Waals surface area contributed by atoms with Gasteiger partial charge in [0.05, 0.1) is 13.7 Å². The van der Waals surface area contributed by atoms with Gasteiger partial charge in [-0.15, -0.1) is 0 Å². The van der Waals surface area contributed by atoms with Crippen molar-refractivity contribution in [1.82, 2.24) is 4.72 Å². The van der Waals surface area contributed by atoms with Crippen molar-refractivity contribution in [3.63, 3.8) is 0 Å². The maximum atomic E-state index is 12.6. The summed E-state index contributed by atoms with van der Waals surface area (Å²) in [4.78, 5) is 11.9. The minimum absolute atomic E-state index is 0.113. The lowest BCUT2D eigenvalue weighted by molar-refractivity contribution is -0.145. The van der Waals surface area contributed by atoms with Crippen LogP contribution in [0.1, 0.15) is 33.1 Å². The zero-order valence-corrected chi connectivity index (χ0v) is 15.0. The van der Waals surface area contributed by atoms with Crippen LogP contribution in [0, 0.1) is 0 Å². The molecule has 1 unspecified atom stereocenters. The number of unbranched alkanes of at least 4 members (excludes halogenated alkanes) is 1. The van der Waals surface area contributed by atoms with E-state index in [1.165, 1.54) is 25.3 Å². The molecule has 0 aliphatic rings. The molecule has 130 valence electrons. The summed E-state index contributed by atoms with van der Waals surface area (Å²) in [5, 5.41) is 0.257. The summed E-state index contributed by atoms with van der Waals surface area (Å²) < 4.78 is 37.6. The zero-order chi connectivity index (χ0) is 17.5. The second-order valence-corrected chi connectivity index (χ2v) is 6.98. The Labute approximate surface area is 142 Å². The monoisotopic (exact) mass is 363 g/mol. The first-order chi connectivity index (χ1) is 10.9. The van der Waals surface area contributed by atoms with Crippen LogP contribution < -0.4 is 9.46 Å². The molecule has 0 aliphatic carbocycles. The second-order valence-electron chi connectivity index (χ2n) is 4.86. The molecular weight excluding hydrogens is 342 g/mol. The molecule has 0 aromatic heterocycles. The number of esters is 1. The van der Waals surface area contributed by atoms with Crippen LogP contribution in [-0.2, 0) is 19.6 Å². The molecule has 0 bridgehead atoms. The number of rotatable bonds is 9. The average molecular weight is 364 g/mol. The number of sulfonamides is 1. The van der Waals surface area contributed by atoms with Crippen molar-refractivity contribution in [3.05, 3.63) is 23.2 Å². The van der Waals surface area contributed by atoms with Gasteiger partial charge in [-0.2, -0.15) is 4.72 Å². The molecule has 0 saturated heterocycles. The molecule has 1 rings (SSSR count). The van der Waals surface area contributed by atoms with Gasteiger partial charge in [-0.05, 0) is 31.5 Å². The number of carbonyl (C=O) groups is 1. The lowest BCUT2D eigenvalue weighted by Crippen LogP contribution is -2.41. The van der Waals surface area contributed by atoms with Gasteiger partial charge in [0.2, 0.25) is 10.0 Å². The zero-order valence-electron chi connectivity index (χ0n) is 13.5. The summed E-state index contributed by atoms with van der Waals surface area (Å²) in [6.45, 7) is 3.81. The summed E-state index contributed by atoms with van der Waals surface area (Å²) in [5.41, 5.74) is 0. The van der Waals surface area contributed by atoms with Crippen LogP contribution in [0.5, 0.6) is 5.75 Å².